The molecule has 0 radical (unpaired) electrons. The molecule has 0 spiro atoms. The number of benzene rings is 1. The highest BCUT2D eigenvalue weighted by Gasteiger charge is 2.03. The molecule has 0 aliphatic heterocycles. The van der Waals surface area contributed by atoms with Gasteiger partial charge in [-0.05, 0) is 18.1 Å². The van der Waals surface area contributed by atoms with Crippen LogP contribution in [0.1, 0.15) is 31.7 Å². The Labute approximate surface area is 97.0 Å². The predicted molar refractivity (Wildman–Crippen MR) is 67.4 cm³/mol. The summed E-state index contributed by atoms with van der Waals surface area (Å²) in [6, 6.07) is 7.82. The van der Waals surface area contributed by atoms with Crippen LogP contribution in [0.4, 0.5) is 5.69 Å². The molecule has 1 rings (SSSR count). The number of amides is 1. The molecule has 0 saturated carbocycles. The van der Waals surface area contributed by atoms with E-state index in [0.717, 1.165) is 24.2 Å². The lowest BCUT2D eigenvalue weighted by Gasteiger charge is -2.10. The summed E-state index contributed by atoms with van der Waals surface area (Å²) in [7, 11) is 0. The topological polar surface area (TPSA) is 55.1 Å². The van der Waals surface area contributed by atoms with Crippen molar-refractivity contribution in [1.82, 2.24) is 0 Å². The zero-order chi connectivity index (χ0) is 11.8. The van der Waals surface area contributed by atoms with Crippen molar-refractivity contribution in [3.63, 3.8) is 0 Å². The van der Waals surface area contributed by atoms with Crippen LogP contribution in [0.5, 0.6) is 0 Å². The molecular weight excluding hydrogens is 200 g/mol. The molecule has 0 aliphatic carbocycles. The molecule has 0 fully saturated rings. The summed E-state index contributed by atoms with van der Waals surface area (Å²) in [5.74, 6) is -0.289. The second-order valence-electron chi connectivity index (χ2n) is 3.93. The summed E-state index contributed by atoms with van der Waals surface area (Å²) < 4.78 is 0. The van der Waals surface area contributed by atoms with Gasteiger partial charge in [0.1, 0.15) is 0 Å². The number of para-hydroxylation sites is 1. The van der Waals surface area contributed by atoms with E-state index in [4.69, 9.17) is 5.73 Å². The summed E-state index contributed by atoms with van der Waals surface area (Å²) >= 11 is 0. The Morgan fingerprint density at radius 3 is 2.75 bits per heavy atom. The van der Waals surface area contributed by atoms with E-state index in [1.807, 2.05) is 24.3 Å². The molecular formula is C13H20N2O. The van der Waals surface area contributed by atoms with Crippen LogP contribution in [-0.4, -0.2) is 12.5 Å². The lowest BCUT2D eigenvalue weighted by atomic mass is 10.1. The third-order valence-corrected chi connectivity index (χ3v) is 2.48. The van der Waals surface area contributed by atoms with Crippen molar-refractivity contribution in [2.75, 3.05) is 11.9 Å². The van der Waals surface area contributed by atoms with Crippen LogP contribution in [-0.2, 0) is 11.2 Å². The smallest absolute Gasteiger partial charge is 0.221 e. The Kier molecular flexibility index (Phi) is 5.40. The van der Waals surface area contributed by atoms with Crippen LogP contribution >= 0.6 is 0 Å². The van der Waals surface area contributed by atoms with Gasteiger partial charge >= 0.3 is 0 Å². The molecule has 3 N–H and O–H groups in total. The Balaban J connectivity index is 2.53. The number of anilines is 1. The molecule has 3 heteroatoms. The summed E-state index contributed by atoms with van der Waals surface area (Å²) in [5, 5.41) is 3.35. The third-order valence-electron chi connectivity index (χ3n) is 2.48. The molecule has 88 valence electrons. The molecule has 0 heterocycles. The van der Waals surface area contributed by atoms with Crippen molar-refractivity contribution in [3.8, 4) is 0 Å². The van der Waals surface area contributed by atoms with Crippen LogP contribution < -0.4 is 11.1 Å². The molecule has 0 saturated heterocycles. The Hall–Kier alpha value is -1.51. The van der Waals surface area contributed by atoms with Gasteiger partial charge in [0.15, 0.2) is 0 Å². The van der Waals surface area contributed by atoms with E-state index in [0.29, 0.717) is 6.42 Å². The van der Waals surface area contributed by atoms with E-state index in [-0.39, 0.29) is 5.91 Å². The first-order valence-corrected chi connectivity index (χ1v) is 5.84. The van der Waals surface area contributed by atoms with Gasteiger partial charge in [0, 0.05) is 12.2 Å². The van der Waals surface area contributed by atoms with Gasteiger partial charge in [-0.1, -0.05) is 38.0 Å². The average molecular weight is 220 g/mol. The molecule has 0 atom stereocenters. The molecule has 0 aromatic heterocycles. The zero-order valence-electron chi connectivity index (χ0n) is 9.83. The first kappa shape index (κ1) is 12.6. The van der Waals surface area contributed by atoms with Gasteiger partial charge in [0.25, 0.3) is 0 Å². The van der Waals surface area contributed by atoms with Crippen molar-refractivity contribution in [2.45, 2.75) is 32.6 Å². The number of unbranched alkanes of at least 4 members (excludes halogenated alkanes) is 2. The van der Waals surface area contributed by atoms with Gasteiger partial charge in [-0.25, -0.2) is 0 Å². The van der Waals surface area contributed by atoms with Gasteiger partial charge in [0.2, 0.25) is 5.91 Å². The van der Waals surface area contributed by atoms with E-state index in [9.17, 15) is 4.79 Å². The van der Waals surface area contributed by atoms with E-state index in [1.165, 1.54) is 12.8 Å². The van der Waals surface area contributed by atoms with Gasteiger partial charge in [-0.15, -0.1) is 0 Å². The maximum atomic E-state index is 10.9. The predicted octanol–water partition coefficient (Wildman–Crippen LogP) is 2.32. The van der Waals surface area contributed by atoms with E-state index in [1.54, 1.807) is 0 Å². The van der Waals surface area contributed by atoms with E-state index < -0.39 is 0 Å². The fourth-order valence-electron chi connectivity index (χ4n) is 1.63. The first-order valence-electron chi connectivity index (χ1n) is 5.84. The van der Waals surface area contributed by atoms with Crippen molar-refractivity contribution in [1.29, 1.82) is 0 Å². The zero-order valence-corrected chi connectivity index (χ0v) is 9.83. The van der Waals surface area contributed by atoms with E-state index >= 15 is 0 Å². The standard InChI is InChI=1S/C13H20N2O/c1-2-3-6-9-15-12-8-5-4-7-11(12)10-13(14)16/h4-5,7-8,15H,2-3,6,9-10H2,1H3,(H2,14,16). The van der Waals surface area contributed by atoms with E-state index in [2.05, 4.69) is 12.2 Å². The number of nitrogens with one attached hydrogen (secondary N) is 1. The largest absolute Gasteiger partial charge is 0.385 e. The SMILES string of the molecule is CCCCCNc1ccccc1CC(N)=O. The highest BCUT2D eigenvalue weighted by atomic mass is 16.1. The number of carbonyl (C=O) groups is 1. The minimum atomic E-state index is -0.289. The highest BCUT2D eigenvalue weighted by Crippen LogP contribution is 2.15. The van der Waals surface area contributed by atoms with Gasteiger partial charge in [0.05, 0.1) is 6.42 Å². The molecule has 0 aliphatic rings. The normalized spacial score (nSPS) is 10.1. The second-order valence-corrected chi connectivity index (χ2v) is 3.93. The minimum absolute atomic E-state index is 0.289. The first-order chi connectivity index (χ1) is 7.74. The Morgan fingerprint density at radius 2 is 2.06 bits per heavy atom. The van der Waals surface area contributed by atoms with Gasteiger partial charge < -0.3 is 11.1 Å². The summed E-state index contributed by atoms with van der Waals surface area (Å²) in [6.07, 6.45) is 3.90. The maximum Gasteiger partial charge on any atom is 0.221 e. The number of rotatable bonds is 7. The van der Waals surface area contributed by atoms with Crippen molar-refractivity contribution in [3.05, 3.63) is 29.8 Å². The van der Waals surface area contributed by atoms with Crippen molar-refractivity contribution < 1.29 is 4.79 Å². The Bertz CT molecular complexity index is 336. The van der Waals surface area contributed by atoms with Crippen molar-refractivity contribution >= 4 is 11.6 Å². The number of primary amides is 1. The number of carbonyl (C=O) groups excluding carboxylic acids is 1. The molecule has 0 bridgehead atoms. The molecule has 1 aromatic carbocycles. The number of hydrogen-bond donors (Lipinski definition) is 2. The second kappa shape index (κ2) is 6.88. The van der Waals surface area contributed by atoms with Crippen LogP contribution in [0, 0.1) is 0 Å². The van der Waals surface area contributed by atoms with Crippen LogP contribution in [0.2, 0.25) is 0 Å². The van der Waals surface area contributed by atoms with Gasteiger partial charge in [-0.3, -0.25) is 4.79 Å². The quantitative estimate of drug-likeness (QED) is 0.693. The van der Waals surface area contributed by atoms with Crippen LogP contribution in [0.3, 0.4) is 0 Å². The summed E-state index contributed by atoms with van der Waals surface area (Å²) in [4.78, 5) is 10.9. The minimum Gasteiger partial charge on any atom is -0.385 e. The highest BCUT2D eigenvalue weighted by molar-refractivity contribution is 5.78. The summed E-state index contributed by atoms with van der Waals surface area (Å²) in [6.45, 7) is 3.13. The number of nitrogens with two attached hydrogens (primary N) is 1. The third kappa shape index (κ3) is 4.34. The lowest BCUT2D eigenvalue weighted by molar-refractivity contribution is -0.117. The fraction of sp³-hybridized carbons (Fsp3) is 0.462. The molecule has 0 unspecified atom stereocenters. The molecule has 16 heavy (non-hydrogen) atoms. The fourth-order valence-corrected chi connectivity index (χ4v) is 1.63. The van der Waals surface area contributed by atoms with Crippen molar-refractivity contribution in [2.24, 2.45) is 5.73 Å². The maximum absolute atomic E-state index is 10.9. The number of hydrogen-bond acceptors (Lipinski definition) is 2. The average Bonchev–Trinajstić information content (AvgIpc) is 2.26. The molecule has 1 aromatic rings. The van der Waals surface area contributed by atoms with Crippen LogP contribution in [0.25, 0.3) is 0 Å². The van der Waals surface area contributed by atoms with Gasteiger partial charge in [-0.2, -0.15) is 0 Å². The monoisotopic (exact) mass is 220 g/mol. The summed E-state index contributed by atoms with van der Waals surface area (Å²) in [5.41, 5.74) is 7.21. The Morgan fingerprint density at radius 1 is 1.31 bits per heavy atom. The van der Waals surface area contributed by atoms with Crippen LogP contribution in [0.15, 0.2) is 24.3 Å². The lowest BCUT2D eigenvalue weighted by Crippen LogP contribution is -2.15. The molecule has 3 nitrogen and oxygen atoms in total. The molecule has 1 amide bonds.